The predicted molar refractivity (Wildman–Crippen MR) is 93.4 cm³/mol. The number of benzene rings is 1. The molecule has 1 amide bonds. The molecule has 0 radical (unpaired) electrons. The smallest absolute Gasteiger partial charge is 0.253 e. The molecule has 6 nitrogen and oxygen atoms in total. The highest BCUT2D eigenvalue weighted by Crippen LogP contribution is 2.32. The first-order chi connectivity index (χ1) is 12.0. The summed E-state index contributed by atoms with van der Waals surface area (Å²) < 4.78 is 19.0. The fraction of sp³-hybridized carbons (Fsp3) is 0.333. The van der Waals surface area contributed by atoms with E-state index in [2.05, 4.69) is 4.98 Å². The van der Waals surface area contributed by atoms with Gasteiger partial charge in [-0.2, -0.15) is 0 Å². The van der Waals surface area contributed by atoms with Gasteiger partial charge in [0.15, 0.2) is 0 Å². The minimum atomic E-state index is -0.328. The van der Waals surface area contributed by atoms with Crippen LogP contribution in [0, 0.1) is 5.82 Å². The number of carbonyl (C=O) groups excluding carboxylic acids is 1. The van der Waals surface area contributed by atoms with Gasteiger partial charge in [0.25, 0.3) is 5.91 Å². The van der Waals surface area contributed by atoms with Crippen molar-refractivity contribution in [1.82, 2.24) is 4.98 Å². The fourth-order valence-corrected chi connectivity index (χ4v) is 2.91. The van der Waals surface area contributed by atoms with E-state index in [9.17, 15) is 14.0 Å². The van der Waals surface area contributed by atoms with Gasteiger partial charge in [-0.05, 0) is 36.2 Å². The number of ether oxygens (including phenoxy) is 1. The van der Waals surface area contributed by atoms with Gasteiger partial charge >= 0.3 is 0 Å². The van der Waals surface area contributed by atoms with Crippen molar-refractivity contribution in [1.29, 1.82) is 0 Å². The summed E-state index contributed by atoms with van der Waals surface area (Å²) in [6, 6.07) is 7.59. The summed E-state index contributed by atoms with van der Waals surface area (Å²) in [6.07, 6.45) is 2.32. The molecule has 2 heterocycles. The van der Waals surface area contributed by atoms with E-state index < -0.39 is 0 Å². The highest BCUT2D eigenvalue weighted by atomic mass is 19.1. The predicted octanol–water partition coefficient (Wildman–Crippen LogP) is 1.90. The quantitative estimate of drug-likeness (QED) is 0.919. The van der Waals surface area contributed by atoms with Crippen molar-refractivity contribution in [2.75, 3.05) is 36.5 Å². The molecule has 132 valence electrons. The van der Waals surface area contributed by atoms with E-state index in [1.165, 1.54) is 24.4 Å². The lowest BCUT2D eigenvalue weighted by Gasteiger charge is -2.24. The van der Waals surface area contributed by atoms with Gasteiger partial charge in [-0.1, -0.05) is 0 Å². The summed E-state index contributed by atoms with van der Waals surface area (Å²) in [5, 5.41) is 0. The number of anilines is 2. The Morgan fingerprint density at radius 1 is 1.24 bits per heavy atom. The second-order valence-electron chi connectivity index (χ2n) is 6.01. The van der Waals surface area contributed by atoms with Crippen LogP contribution in [0.3, 0.4) is 0 Å². The van der Waals surface area contributed by atoms with Gasteiger partial charge in [0.2, 0.25) is 5.56 Å². The third-order valence-electron chi connectivity index (χ3n) is 4.15. The van der Waals surface area contributed by atoms with Gasteiger partial charge in [-0.25, -0.2) is 4.39 Å². The molecule has 3 rings (SSSR count). The summed E-state index contributed by atoms with van der Waals surface area (Å²) in [5.41, 5.74) is 1.88. The second-order valence-corrected chi connectivity index (χ2v) is 6.01. The first-order valence-corrected chi connectivity index (χ1v) is 8.11. The Kier molecular flexibility index (Phi) is 5.14. The number of hydrogen-bond acceptors (Lipinski definition) is 4. The largest absolute Gasteiger partial charge is 0.373 e. The Balaban J connectivity index is 1.69. The second kappa shape index (κ2) is 7.48. The van der Waals surface area contributed by atoms with Crippen LogP contribution in [0.2, 0.25) is 0 Å². The molecule has 0 unspecified atom stereocenters. The lowest BCUT2D eigenvalue weighted by molar-refractivity contribution is -0.123. The van der Waals surface area contributed by atoms with E-state index in [4.69, 9.17) is 4.74 Å². The molecule has 0 saturated carbocycles. The monoisotopic (exact) mass is 345 g/mol. The SMILES string of the molecule is CN1CCCN(C(=O)COCc2cc[nH]c(=O)c2)c2ccc(F)cc21. The highest BCUT2D eigenvalue weighted by Gasteiger charge is 2.23. The molecule has 0 saturated heterocycles. The number of pyridine rings is 1. The van der Waals surface area contributed by atoms with E-state index in [1.54, 1.807) is 17.0 Å². The van der Waals surface area contributed by atoms with Gasteiger partial charge in [0, 0.05) is 32.4 Å². The first-order valence-electron chi connectivity index (χ1n) is 8.11. The number of aromatic nitrogens is 1. The number of fused-ring (bicyclic) bond motifs is 1. The number of rotatable bonds is 4. The van der Waals surface area contributed by atoms with Gasteiger partial charge in [-0.3, -0.25) is 9.59 Å². The van der Waals surface area contributed by atoms with Crippen molar-refractivity contribution < 1.29 is 13.9 Å². The van der Waals surface area contributed by atoms with Crippen molar-refractivity contribution >= 4 is 17.3 Å². The molecule has 1 aromatic carbocycles. The molecule has 0 atom stereocenters. The first kappa shape index (κ1) is 17.2. The molecule has 0 fully saturated rings. The molecule has 1 aromatic heterocycles. The highest BCUT2D eigenvalue weighted by molar-refractivity contribution is 5.97. The Morgan fingerprint density at radius 3 is 2.88 bits per heavy atom. The Morgan fingerprint density at radius 2 is 2.08 bits per heavy atom. The third kappa shape index (κ3) is 4.06. The van der Waals surface area contributed by atoms with Crippen LogP contribution in [-0.2, 0) is 16.1 Å². The van der Waals surface area contributed by atoms with Crippen LogP contribution in [0.25, 0.3) is 0 Å². The maximum atomic E-state index is 13.6. The number of H-pyrrole nitrogens is 1. The molecular weight excluding hydrogens is 325 g/mol. The maximum Gasteiger partial charge on any atom is 0.253 e. The maximum absolute atomic E-state index is 13.6. The molecule has 1 N–H and O–H groups in total. The minimum Gasteiger partial charge on any atom is -0.373 e. The van der Waals surface area contributed by atoms with E-state index in [0.29, 0.717) is 23.5 Å². The summed E-state index contributed by atoms with van der Waals surface area (Å²) in [6.45, 7) is 1.37. The molecule has 0 bridgehead atoms. The topological polar surface area (TPSA) is 65.6 Å². The van der Waals surface area contributed by atoms with Crippen molar-refractivity contribution in [2.24, 2.45) is 0 Å². The standard InChI is InChI=1S/C18H20FN3O3/c1-21-7-2-8-22(15-4-3-14(19)10-16(15)21)18(24)12-25-11-13-5-6-20-17(23)9-13/h3-6,9-10H,2,7-8,11-12H2,1H3,(H,20,23). The number of nitrogens with zero attached hydrogens (tertiary/aromatic N) is 2. The zero-order valence-corrected chi connectivity index (χ0v) is 14.0. The van der Waals surface area contributed by atoms with Gasteiger partial charge in [0.05, 0.1) is 18.0 Å². The van der Waals surface area contributed by atoms with Crippen LogP contribution in [-0.4, -0.2) is 37.6 Å². The van der Waals surface area contributed by atoms with Crippen LogP contribution >= 0.6 is 0 Å². The number of halogens is 1. The number of aromatic amines is 1. The van der Waals surface area contributed by atoms with E-state index >= 15 is 0 Å². The van der Waals surface area contributed by atoms with E-state index in [1.807, 2.05) is 11.9 Å². The number of nitrogens with one attached hydrogen (secondary N) is 1. The fourth-order valence-electron chi connectivity index (χ4n) is 2.91. The van der Waals surface area contributed by atoms with Crippen LogP contribution in [0.1, 0.15) is 12.0 Å². The number of carbonyl (C=O) groups is 1. The van der Waals surface area contributed by atoms with E-state index in [-0.39, 0.29) is 30.5 Å². The van der Waals surface area contributed by atoms with Crippen molar-refractivity contribution in [3.8, 4) is 0 Å². The van der Waals surface area contributed by atoms with Crippen LogP contribution in [0.4, 0.5) is 15.8 Å². The Hall–Kier alpha value is -2.67. The average Bonchev–Trinajstić information content (AvgIpc) is 2.74. The van der Waals surface area contributed by atoms with Crippen LogP contribution in [0.15, 0.2) is 41.3 Å². The normalized spacial score (nSPS) is 14.2. The molecule has 1 aliphatic rings. The summed E-state index contributed by atoms with van der Waals surface area (Å²) >= 11 is 0. The average molecular weight is 345 g/mol. The zero-order chi connectivity index (χ0) is 17.8. The Bertz CT molecular complexity index is 821. The summed E-state index contributed by atoms with van der Waals surface area (Å²) in [4.78, 5) is 29.9. The molecule has 2 aromatic rings. The number of amides is 1. The molecule has 0 aliphatic carbocycles. The lowest BCUT2D eigenvalue weighted by Crippen LogP contribution is -2.34. The molecule has 7 heteroatoms. The van der Waals surface area contributed by atoms with Crippen molar-refractivity contribution in [2.45, 2.75) is 13.0 Å². The number of hydrogen-bond donors (Lipinski definition) is 1. The van der Waals surface area contributed by atoms with Gasteiger partial charge in [0.1, 0.15) is 12.4 Å². The molecule has 0 spiro atoms. The summed E-state index contributed by atoms with van der Waals surface area (Å²) in [5.74, 6) is -0.515. The van der Waals surface area contributed by atoms with Crippen molar-refractivity contribution in [3.05, 3.63) is 58.3 Å². The molecule has 25 heavy (non-hydrogen) atoms. The zero-order valence-electron chi connectivity index (χ0n) is 14.0. The third-order valence-corrected chi connectivity index (χ3v) is 4.15. The molecular formula is C18H20FN3O3. The van der Waals surface area contributed by atoms with Gasteiger partial charge in [-0.15, -0.1) is 0 Å². The molecule has 1 aliphatic heterocycles. The minimum absolute atomic E-state index is 0.104. The van der Waals surface area contributed by atoms with E-state index in [0.717, 1.165) is 13.0 Å². The van der Waals surface area contributed by atoms with Crippen LogP contribution < -0.4 is 15.4 Å². The Labute approximate surface area is 144 Å². The van der Waals surface area contributed by atoms with Crippen molar-refractivity contribution in [3.63, 3.8) is 0 Å². The van der Waals surface area contributed by atoms with Crippen LogP contribution in [0.5, 0.6) is 0 Å². The van der Waals surface area contributed by atoms with Gasteiger partial charge < -0.3 is 19.5 Å². The summed E-state index contributed by atoms with van der Waals surface area (Å²) in [7, 11) is 1.88. The lowest BCUT2D eigenvalue weighted by atomic mass is 10.2.